The predicted octanol–water partition coefficient (Wildman–Crippen LogP) is 0.918. The van der Waals surface area contributed by atoms with E-state index in [1.807, 2.05) is 0 Å². The zero-order valence-corrected chi connectivity index (χ0v) is 10.8. The second-order valence-electron chi connectivity index (χ2n) is 4.30. The number of nitrogens with two attached hydrogens (primary N) is 1. The Morgan fingerprint density at radius 2 is 1.90 bits per heavy atom. The third kappa shape index (κ3) is 4.42. The highest BCUT2D eigenvalue weighted by Crippen LogP contribution is 2.09. The molecule has 20 heavy (non-hydrogen) atoms. The summed E-state index contributed by atoms with van der Waals surface area (Å²) in [6.45, 7) is 1.34. The SMILES string of the molecule is CC(=O)CC[C@@H](NC(=O)c1ccc(F)c(F)c1)C(N)=O. The summed E-state index contributed by atoms with van der Waals surface area (Å²) >= 11 is 0. The van der Waals surface area contributed by atoms with Crippen LogP contribution in [0.4, 0.5) is 8.78 Å². The van der Waals surface area contributed by atoms with E-state index < -0.39 is 29.5 Å². The van der Waals surface area contributed by atoms with Crippen molar-refractivity contribution < 1.29 is 23.2 Å². The summed E-state index contributed by atoms with van der Waals surface area (Å²) in [4.78, 5) is 33.8. The van der Waals surface area contributed by atoms with Crippen LogP contribution in [-0.2, 0) is 9.59 Å². The number of halogens is 2. The molecule has 7 heteroatoms. The first kappa shape index (κ1) is 15.7. The lowest BCUT2D eigenvalue weighted by Gasteiger charge is -2.14. The molecule has 0 aliphatic carbocycles. The minimum atomic E-state index is -1.17. The Kier molecular flexibility index (Phi) is 5.31. The third-order valence-corrected chi connectivity index (χ3v) is 2.62. The third-order valence-electron chi connectivity index (χ3n) is 2.62. The molecule has 1 aromatic rings. The minimum Gasteiger partial charge on any atom is -0.368 e. The summed E-state index contributed by atoms with van der Waals surface area (Å²) in [6, 6.07) is 1.56. The van der Waals surface area contributed by atoms with Gasteiger partial charge in [-0.3, -0.25) is 9.59 Å². The Balaban J connectivity index is 2.77. The Labute approximate surface area is 114 Å². The zero-order chi connectivity index (χ0) is 15.3. The number of amides is 2. The van der Waals surface area contributed by atoms with Gasteiger partial charge in [-0.1, -0.05) is 0 Å². The van der Waals surface area contributed by atoms with Crippen molar-refractivity contribution in [3.63, 3.8) is 0 Å². The molecule has 108 valence electrons. The maximum Gasteiger partial charge on any atom is 0.252 e. The van der Waals surface area contributed by atoms with Gasteiger partial charge in [0.25, 0.3) is 5.91 Å². The largest absolute Gasteiger partial charge is 0.368 e. The molecule has 5 nitrogen and oxygen atoms in total. The van der Waals surface area contributed by atoms with E-state index in [4.69, 9.17) is 5.73 Å². The summed E-state index contributed by atoms with van der Waals surface area (Å²) in [5, 5.41) is 2.28. The molecule has 0 aliphatic rings. The van der Waals surface area contributed by atoms with Crippen molar-refractivity contribution in [3.8, 4) is 0 Å². The number of Topliss-reactive ketones (excluding diaryl/α,β-unsaturated/α-hetero) is 1. The molecule has 1 aromatic carbocycles. The van der Waals surface area contributed by atoms with Crippen LogP contribution in [0.2, 0.25) is 0 Å². The van der Waals surface area contributed by atoms with E-state index in [1.165, 1.54) is 6.92 Å². The lowest BCUT2D eigenvalue weighted by molar-refractivity contribution is -0.120. The maximum atomic E-state index is 13.0. The summed E-state index contributed by atoms with van der Waals surface area (Å²) in [6.07, 6.45) is 0.131. The summed E-state index contributed by atoms with van der Waals surface area (Å²) < 4.78 is 25.7. The van der Waals surface area contributed by atoms with Gasteiger partial charge in [-0.25, -0.2) is 8.78 Å². The normalized spacial score (nSPS) is 11.8. The van der Waals surface area contributed by atoms with Gasteiger partial charge in [0.05, 0.1) is 0 Å². The Morgan fingerprint density at radius 1 is 1.25 bits per heavy atom. The molecule has 0 spiro atoms. The van der Waals surface area contributed by atoms with Gasteiger partial charge in [0.2, 0.25) is 5.91 Å². The van der Waals surface area contributed by atoms with Gasteiger partial charge >= 0.3 is 0 Å². The number of rotatable bonds is 6. The number of ketones is 1. The highest BCUT2D eigenvalue weighted by molar-refractivity contribution is 5.97. The lowest BCUT2D eigenvalue weighted by atomic mass is 10.1. The van der Waals surface area contributed by atoms with Crippen LogP contribution in [0.25, 0.3) is 0 Å². The van der Waals surface area contributed by atoms with Crippen molar-refractivity contribution >= 4 is 17.6 Å². The monoisotopic (exact) mass is 284 g/mol. The molecule has 0 bridgehead atoms. The molecular formula is C13H14F2N2O3. The minimum absolute atomic E-state index is 0.0556. The topological polar surface area (TPSA) is 89.3 Å². The van der Waals surface area contributed by atoms with Crippen molar-refractivity contribution in [3.05, 3.63) is 35.4 Å². The fraction of sp³-hybridized carbons (Fsp3) is 0.308. The molecule has 0 saturated carbocycles. The number of primary amides is 1. The van der Waals surface area contributed by atoms with Crippen LogP contribution < -0.4 is 11.1 Å². The van der Waals surface area contributed by atoms with Gasteiger partial charge in [0, 0.05) is 12.0 Å². The van der Waals surface area contributed by atoms with Crippen LogP contribution >= 0.6 is 0 Å². The Bertz CT molecular complexity index is 546. The fourth-order valence-corrected chi connectivity index (χ4v) is 1.51. The number of carbonyl (C=O) groups is 3. The zero-order valence-electron chi connectivity index (χ0n) is 10.8. The smallest absolute Gasteiger partial charge is 0.252 e. The second-order valence-corrected chi connectivity index (χ2v) is 4.30. The fourth-order valence-electron chi connectivity index (χ4n) is 1.51. The first-order valence-electron chi connectivity index (χ1n) is 5.86. The molecule has 1 atom stereocenters. The van der Waals surface area contributed by atoms with Crippen molar-refractivity contribution in [2.75, 3.05) is 0 Å². The first-order valence-corrected chi connectivity index (χ1v) is 5.86. The Hall–Kier alpha value is -2.31. The number of hydrogen-bond donors (Lipinski definition) is 2. The molecule has 0 heterocycles. The van der Waals surface area contributed by atoms with Gasteiger partial charge in [0.1, 0.15) is 11.8 Å². The first-order chi connectivity index (χ1) is 9.31. The molecule has 1 rings (SSSR count). The highest BCUT2D eigenvalue weighted by Gasteiger charge is 2.20. The molecule has 0 aromatic heterocycles. The lowest BCUT2D eigenvalue weighted by Crippen LogP contribution is -2.44. The van der Waals surface area contributed by atoms with Crippen molar-refractivity contribution in [1.29, 1.82) is 0 Å². The van der Waals surface area contributed by atoms with Gasteiger partial charge in [0.15, 0.2) is 11.6 Å². The number of benzene rings is 1. The summed E-state index contributed by atoms with van der Waals surface area (Å²) in [5.41, 5.74) is 4.96. The van der Waals surface area contributed by atoms with Crippen molar-refractivity contribution in [2.24, 2.45) is 5.73 Å². The van der Waals surface area contributed by atoms with E-state index in [2.05, 4.69) is 5.32 Å². The molecule has 0 aliphatic heterocycles. The number of carbonyl (C=O) groups excluding carboxylic acids is 3. The van der Waals surface area contributed by atoms with Crippen LogP contribution in [0.1, 0.15) is 30.1 Å². The molecule has 0 fully saturated rings. The summed E-state index contributed by atoms with van der Waals surface area (Å²) in [7, 11) is 0. The van der Waals surface area contributed by atoms with Crippen LogP contribution in [0.15, 0.2) is 18.2 Å². The predicted molar refractivity (Wildman–Crippen MR) is 66.7 cm³/mol. The van der Waals surface area contributed by atoms with Crippen LogP contribution in [0, 0.1) is 11.6 Å². The van der Waals surface area contributed by atoms with E-state index in [0.717, 1.165) is 12.1 Å². The van der Waals surface area contributed by atoms with E-state index in [0.29, 0.717) is 6.07 Å². The molecular weight excluding hydrogens is 270 g/mol. The molecule has 0 radical (unpaired) electrons. The standard InChI is InChI=1S/C13H14F2N2O3/c1-7(18)2-5-11(12(16)19)17-13(20)8-3-4-9(14)10(15)6-8/h3-4,6,11H,2,5H2,1H3,(H2,16,19)(H,17,20)/t11-/m1/s1. The van der Waals surface area contributed by atoms with Gasteiger partial charge < -0.3 is 15.8 Å². The van der Waals surface area contributed by atoms with E-state index >= 15 is 0 Å². The molecule has 2 amide bonds. The molecule has 0 unspecified atom stereocenters. The average molecular weight is 284 g/mol. The van der Waals surface area contributed by atoms with Crippen LogP contribution in [0.3, 0.4) is 0 Å². The van der Waals surface area contributed by atoms with Crippen LogP contribution in [-0.4, -0.2) is 23.6 Å². The maximum absolute atomic E-state index is 13.0. The van der Waals surface area contributed by atoms with E-state index in [1.54, 1.807) is 0 Å². The van der Waals surface area contributed by atoms with Crippen molar-refractivity contribution in [1.82, 2.24) is 5.32 Å². The van der Waals surface area contributed by atoms with Crippen LogP contribution in [0.5, 0.6) is 0 Å². The number of hydrogen-bond acceptors (Lipinski definition) is 3. The second kappa shape index (κ2) is 6.74. The van der Waals surface area contributed by atoms with E-state index in [-0.39, 0.29) is 24.2 Å². The Morgan fingerprint density at radius 3 is 2.40 bits per heavy atom. The molecule has 3 N–H and O–H groups in total. The van der Waals surface area contributed by atoms with Gasteiger partial charge in [-0.05, 0) is 31.5 Å². The van der Waals surface area contributed by atoms with E-state index in [9.17, 15) is 23.2 Å². The van der Waals surface area contributed by atoms with Gasteiger partial charge in [-0.15, -0.1) is 0 Å². The quantitative estimate of drug-likeness (QED) is 0.814. The average Bonchev–Trinajstić information content (AvgIpc) is 2.36. The van der Waals surface area contributed by atoms with Gasteiger partial charge in [-0.2, -0.15) is 0 Å². The highest BCUT2D eigenvalue weighted by atomic mass is 19.2. The molecule has 0 saturated heterocycles. The summed E-state index contributed by atoms with van der Waals surface area (Å²) in [5.74, 6) is -3.97. The number of nitrogens with one attached hydrogen (secondary N) is 1. The van der Waals surface area contributed by atoms with Crippen molar-refractivity contribution in [2.45, 2.75) is 25.8 Å².